The number of hydrogen-bond donors (Lipinski definition) is 1. The van der Waals surface area contributed by atoms with Gasteiger partial charge in [-0.1, -0.05) is 24.3 Å². The third-order valence-electron chi connectivity index (χ3n) is 6.02. The van der Waals surface area contributed by atoms with E-state index in [9.17, 15) is 14.4 Å². The average molecular weight is 462 g/mol. The fraction of sp³-hybridized carbons (Fsp3) is 0.269. The van der Waals surface area contributed by atoms with Gasteiger partial charge in [0.05, 0.1) is 10.4 Å². The number of amides is 3. The molecule has 1 saturated heterocycles. The maximum Gasteiger partial charge on any atom is 0.294 e. The van der Waals surface area contributed by atoms with Crippen molar-refractivity contribution in [3.63, 3.8) is 0 Å². The summed E-state index contributed by atoms with van der Waals surface area (Å²) in [5.41, 5.74) is 5.79. The lowest BCUT2D eigenvalue weighted by atomic mass is 9.88. The quantitative estimate of drug-likeness (QED) is 0.626. The number of imide groups is 1. The van der Waals surface area contributed by atoms with Crippen LogP contribution in [0.5, 0.6) is 0 Å². The zero-order valence-corrected chi connectivity index (χ0v) is 20.2. The van der Waals surface area contributed by atoms with Gasteiger partial charge in [-0.2, -0.15) is 0 Å². The summed E-state index contributed by atoms with van der Waals surface area (Å²) < 4.78 is 0. The van der Waals surface area contributed by atoms with Crippen molar-refractivity contribution in [1.29, 1.82) is 0 Å². The first-order chi connectivity index (χ1) is 15.5. The van der Waals surface area contributed by atoms with Gasteiger partial charge in [-0.05, 0) is 86.5 Å². The molecule has 0 unspecified atom stereocenters. The summed E-state index contributed by atoms with van der Waals surface area (Å²) in [5.74, 6) is -0.864. The predicted molar refractivity (Wildman–Crippen MR) is 135 cm³/mol. The van der Waals surface area contributed by atoms with Crippen LogP contribution in [0.1, 0.15) is 37.5 Å². The van der Waals surface area contributed by atoms with Gasteiger partial charge in [-0.15, -0.1) is 0 Å². The highest BCUT2D eigenvalue weighted by molar-refractivity contribution is 8.18. The summed E-state index contributed by atoms with van der Waals surface area (Å²) >= 11 is 0.859. The van der Waals surface area contributed by atoms with E-state index in [0.717, 1.165) is 39.0 Å². The molecule has 0 aromatic heterocycles. The van der Waals surface area contributed by atoms with Crippen molar-refractivity contribution in [2.75, 3.05) is 23.8 Å². The Labute approximate surface area is 198 Å². The first kappa shape index (κ1) is 22.9. The Morgan fingerprint density at radius 1 is 1.12 bits per heavy atom. The van der Waals surface area contributed by atoms with Crippen LogP contribution in [0, 0.1) is 6.92 Å². The maximum atomic E-state index is 12.9. The lowest BCUT2D eigenvalue weighted by molar-refractivity contribution is -0.127. The molecule has 0 aliphatic carbocycles. The monoisotopic (exact) mass is 461 g/mol. The number of nitrogens with zero attached hydrogens (tertiary/aromatic N) is 2. The minimum atomic E-state index is -0.451. The zero-order valence-electron chi connectivity index (χ0n) is 19.4. The summed E-state index contributed by atoms with van der Waals surface area (Å²) in [6.07, 6.45) is 3.94. The molecule has 170 valence electrons. The SMILES string of the molecule is CC1=CC(C)(C)N(C)c2ccc(/C=C3\SC(=O)N(CC(=O)Nc4cccc(C)c4)C3=O)cc21. The number of rotatable bonds is 4. The van der Waals surface area contributed by atoms with Gasteiger partial charge in [0.25, 0.3) is 11.1 Å². The Bertz CT molecular complexity index is 1230. The van der Waals surface area contributed by atoms with Crippen molar-refractivity contribution >= 4 is 51.8 Å². The molecule has 2 aliphatic rings. The van der Waals surface area contributed by atoms with Crippen molar-refractivity contribution in [2.45, 2.75) is 33.2 Å². The molecule has 0 saturated carbocycles. The van der Waals surface area contributed by atoms with Crippen LogP contribution < -0.4 is 10.2 Å². The fourth-order valence-electron chi connectivity index (χ4n) is 4.12. The summed E-state index contributed by atoms with van der Waals surface area (Å²) in [6, 6.07) is 13.4. The molecule has 4 rings (SSSR count). The number of benzene rings is 2. The van der Waals surface area contributed by atoms with E-state index < -0.39 is 17.1 Å². The van der Waals surface area contributed by atoms with E-state index in [1.165, 1.54) is 5.57 Å². The second-order valence-electron chi connectivity index (χ2n) is 9.00. The summed E-state index contributed by atoms with van der Waals surface area (Å²) in [4.78, 5) is 41.3. The number of thioether (sulfide) groups is 1. The number of carbonyl (C=O) groups is 3. The highest BCUT2D eigenvalue weighted by Crippen LogP contribution is 2.39. The second kappa shape index (κ2) is 8.56. The van der Waals surface area contributed by atoms with E-state index in [-0.39, 0.29) is 12.1 Å². The van der Waals surface area contributed by atoms with Crippen LogP contribution in [-0.4, -0.2) is 41.1 Å². The van der Waals surface area contributed by atoms with Crippen LogP contribution >= 0.6 is 11.8 Å². The molecule has 7 heteroatoms. The van der Waals surface area contributed by atoms with Gasteiger partial charge >= 0.3 is 0 Å². The largest absolute Gasteiger partial charge is 0.366 e. The van der Waals surface area contributed by atoms with E-state index in [2.05, 4.69) is 44.1 Å². The van der Waals surface area contributed by atoms with Gasteiger partial charge in [-0.25, -0.2) is 0 Å². The Kier molecular flexibility index (Phi) is 5.93. The Morgan fingerprint density at radius 2 is 1.88 bits per heavy atom. The molecule has 0 spiro atoms. The number of hydrogen-bond acceptors (Lipinski definition) is 5. The molecule has 1 fully saturated rings. The first-order valence-corrected chi connectivity index (χ1v) is 11.6. The average Bonchev–Trinajstić information content (AvgIpc) is 2.99. The van der Waals surface area contributed by atoms with Crippen LogP contribution in [0.25, 0.3) is 11.6 Å². The number of aryl methyl sites for hydroxylation is 1. The second-order valence-corrected chi connectivity index (χ2v) is 10.00. The molecule has 0 radical (unpaired) electrons. The first-order valence-electron chi connectivity index (χ1n) is 10.7. The molecule has 2 aliphatic heterocycles. The highest BCUT2D eigenvalue weighted by Gasteiger charge is 2.36. The topological polar surface area (TPSA) is 69.7 Å². The minimum absolute atomic E-state index is 0.0831. The third kappa shape index (κ3) is 4.59. The molecular weight excluding hydrogens is 434 g/mol. The third-order valence-corrected chi connectivity index (χ3v) is 6.92. The van der Waals surface area contributed by atoms with E-state index in [1.54, 1.807) is 12.1 Å². The summed E-state index contributed by atoms with van der Waals surface area (Å²) in [6.45, 7) is 8.02. The van der Waals surface area contributed by atoms with Crippen molar-refractivity contribution in [3.05, 3.63) is 70.1 Å². The maximum absolute atomic E-state index is 12.9. The molecule has 6 nitrogen and oxygen atoms in total. The standard InChI is InChI=1S/C26H27N3O3S/c1-16-7-6-8-19(11-16)27-23(30)15-29-24(31)22(33-25(29)32)13-18-9-10-21-20(12-18)17(2)14-26(3,4)28(21)5/h6-14H,15H2,1-5H3,(H,27,30)/b22-13-. The number of allylic oxidation sites excluding steroid dienone is 1. The van der Waals surface area contributed by atoms with Gasteiger partial charge in [0.15, 0.2) is 0 Å². The van der Waals surface area contributed by atoms with Crippen LogP contribution in [0.4, 0.5) is 16.2 Å². The van der Waals surface area contributed by atoms with E-state index in [1.807, 2.05) is 43.3 Å². The smallest absolute Gasteiger partial charge is 0.294 e. The van der Waals surface area contributed by atoms with Crippen molar-refractivity contribution < 1.29 is 14.4 Å². The Morgan fingerprint density at radius 3 is 2.61 bits per heavy atom. The molecular formula is C26H27N3O3S. The van der Waals surface area contributed by atoms with E-state index >= 15 is 0 Å². The summed E-state index contributed by atoms with van der Waals surface area (Å²) in [7, 11) is 2.06. The Balaban J connectivity index is 1.51. The van der Waals surface area contributed by atoms with Crippen molar-refractivity contribution in [3.8, 4) is 0 Å². The lowest BCUT2D eigenvalue weighted by Gasteiger charge is -2.40. The molecule has 3 amide bonds. The van der Waals surface area contributed by atoms with E-state index in [0.29, 0.717) is 10.6 Å². The number of carbonyl (C=O) groups excluding carboxylic acids is 3. The highest BCUT2D eigenvalue weighted by atomic mass is 32.2. The zero-order chi connectivity index (χ0) is 23.9. The predicted octanol–water partition coefficient (Wildman–Crippen LogP) is 5.30. The molecule has 1 N–H and O–H groups in total. The van der Waals surface area contributed by atoms with Crippen molar-refractivity contribution in [1.82, 2.24) is 4.90 Å². The van der Waals surface area contributed by atoms with Gasteiger partial charge < -0.3 is 10.2 Å². The molecule has 2 aromatic rings. The van der Waals surface area contributed by atoms with E-state index in [4.69, 9.17) is 0 Å². The number of fused-ring (bicyclic) bond motifs is 1. The molecule has 2 heterocycles. The fourth-order valence-corrected chi connectivity index (χ4v) is 4.96. The minimum Gasteiger partial charge on any atom is -0.366 e. The van der Waals surface area contributed by atoms with Crippen LogP contribution in [0.3, 0.4) is 0 Å². The number of anilines is 2. The molecule has 0 atom stereocenters. The summed E-state index contributed by atoms with van der Waals surface area (Å²) in [5, 5.41) is 2.30. The normalized spacial score (nSPS) is 18.5. The van der Waals surface area contributed by atoms with Gasteiger partial charge in [-0.3, -0.25) is 19.3 Å². The molecule has 33 heavy (non-hydrogen) atoms. The van der Waals surface area contributed by atoms with Crippen LogP contribution in [0.2, 0.25) is 0 Å². The Hall–Kier alpha value is -3.32. The van der Waals surface area contributed by atoms with Crippen molar-refractivity contribution in [2.24, 2.45) is 0 Å². The van der Waals surface area contributed by atoms with Gasteiger partial charge in [0.1, 0.15) is 6.54 Å². The van der Waals surface area contributed by atoms with Crippen LogP contribution in [-0.2, 0) is 9.59 Å². The van der Waals surface area contributed by atoms with Gasteiger partial charge in [0.2, 0.25) is 5.91 Å². The lowest BCUT2D eigenvalue weighted by Crippen LogP contribution is -2.42. The van der Waals surface area contributed by atoms with Crippen LogP contribution in [0.15, 0.2) is 53.4 Å². The number of likely N-dealkylation sites (N-methyl/N-ethyl adjacent to an activating group) is 1. The van der Waals surface area contributed by atoms with Gasteiger partial charge in [0, 0.05) is 24.0 Å². The number of nitrogens with one attached hydrogen (secondary N) is 1. The molecule has 2 aromatic carbocycles. The molecule has 0 bridgehead atoms.